The van der Waals surface area contributed by atoms with E-state index in [0.717, 1.165) is 11.4 Å². The normalized spacial score (nSPS) is 16.2. The van der Waals surface area contributed by atoms with Crippen LogP contribution < -0.4 is 10.1 Å². The summed E-state index contributed by atoms with van der Waals surface area (Å²) in [4.78, 5) is 26.8. The van der Waals surface area contributed by atoms with Crippen LogP contribution in [0.5, 0.6) is 5.88 Å². The van der Waals surface area contributed by atoms with Gasteiger partial charge in [-0.05, 0) is 26.0 Å². The van der Waals surface area contributed by atoms with Gasteiger partial charge in [0.1, 0.15) is 12.2 Å². The monoisotopic (exact) mass is 378 g/mol. The molecule has 0 aromatic carbocycles. The van der Waals surface area contributed by atoms with E-state index in [4.69, 9.17) is 10.00 Å². The molecule has 0 aliphatic carbocycles. The second kappa shape index (κ2) is 7.11. The van der Waals surface area contributed by atoms with E-state index in [1.165, 1.54) is 6.20 Å². The van der Waals surface area contributed by atoms with E-state index in [1.807, 2.05) is 26.0 Å². The molecule has 1 N–H and O–H groups in total. The standard InChI is InChI=1S/C18H18N8O2/c1-11-7-12(2)26-17(21-11)22-16(24-26)23-18(27)25-6-5-14(10-25)28-15-4-3-13(8-19)9-20-15/h3-4,7,9,14H,5-6,10H2,1-2H3,(H,23,24,27). The lowest BCUT2D eigenvalue weighted by atomic mass is 10.3. The molecule has 10 nitrogen and oxygen atoms in total. The molecule has 0 radical (unpaired) electrons. The largest absolute Gasteiger partial charge is 0.472 e. The van der Waals surface area contributed by atoms with Crippen molar-refractivity contribution in [2.24, 2.45) is 0 Å². The van der Waals surface area contributed by atoms with E-state index >= 15 is 0 Å². The Morgan fingerprint density at radius 3 is 2.96 bits per heavy atom. The maximum Gasteiger partial charge on any atom is 0.324 e. The van der Waals surface area contributed by atoms with Crippen LogP contribution in [0.1, 0.15) is 23.4 Å². The molecule has 0 bridgehead atoms. The van der Waals surface area contributed by atoms with Crippen molar-refractivity contribution in [1.82, 2.24) is 29.5 Å². The van der Waals surface area contributed by atoms with E-state index in [9.17, 15) is 4.79 Å². The Labute approximate surface area is 160 Å². The van der Waals surface area contributed by atoms with Gasteiger partial charge in [-0.2, -0.15) is 14.8 Å². The van der Waals surface area contributed by atoms with Gasteiger partial charge in [0.15, 0.2) is 0 Å². The number of aromatic nitrogens is 5. The molecule has 1 fully saturated rings. The van der Waals surface area contributed by atoms with Gasteiger partial charge in [0.25, 0.3) is 11.7 Å². The first kappa shape index (κ1) is 17.7. The van der Waals surface area contributed by atoms with Crippen molar-refractivity contribution in [3.63, 3.8) is 0 Å². The number of rotatable bonds is 3. The lowest BCUT2D eigenvalue weighted by Gasteiger charge is -2.16. The van der Waals surface area contributed by atoms with Crippen molar-refractivity contribution in [2.45, 2.75) is 26.4 Å². The van der Waals surface area contributed by atoms with Crippen molar-refractivity contribution in [1.29, 1.82) is 5.26 Å². The van der Waals surface area contributed by atoms with E-state index < -0.39 is 0 Å². The number of pyridine rings is 1. The molecule has 28 heavy (non-hydrogen) atoms. The third kappa shape index (κ3) is 3.55. The minimum Gasteiger partial charge on any atom is -0.472 e. The molecule has 2 amide bonds. The SMILES string of the molecule is Cc1cc(C)n2nc(NC(=O)N3CCC(Oc4ccc(C#N)cn4)C3)nc2n1. The Bertz CT molecular complexity index is 1070. The summed E-state index contributed by atoms with van der Waals surface area (Å²) in [5.41, 5.74) is 2.20. The third-order valence-electron chi connectivity index (χ3n) is 4.42. The highest BCUT2D eigenvalue weighted by molar-refractivity contribution is 5.87. The van der Waals surface area contributed by atoms with E-state index in [-0.39, 0.29) is 18.1 Å². The number of hydrogen-bond acceptors (Lipinski definition) is 7. The quantitative estimate of drug-likeness (QED) is 0.736. The fourth-order valence-corrected chi connectivity index (χ4v) is 3.09. The fourth-order valence-electron chi connectivity index (χ4n) is 3.09. The zero-order valence-electron chi connectivity index (χ0n) is 15.5. The van der Waals surface area contributed by atoms with Gasteiger partial charge in [-0.15, -0.1) is 5.10 Å². The number of ether oxygens (including phenoxy) is 1. The molecular weight excluding hydrogens is 360 g/mol. The molecule has 1 aliphatic heterocycles. The highest BCUT2D eigenvalue weighted by Gasteiger charge is 2.28. The van der Waals surface area contributed by atoms with Gasteiger partial charge in [0, 0.05) is 36.6 Å². The minimum atomic E-state index is -0.288. The number of aryl methyl sites for hydroxylation is 2. The number of carbonyl (C=O) groups is 1. The molecule has 1 unspecified atom stereocenters. The summed E-state index contributed by atoms with van der Waals surface area (Å²) in [6.07, 6.45) is 1.99. The zero-order chi connectivity index (χ0) is 19.7. The van der Waals surface area contributed by atoms with E-state index in [2.05, 4.69) is 25.4 Å². The number of urea groups is 1. The number of nitrogens with one attached hydrogen (secondary N) is 1. The van der Waals surface area contributed by atoms with Crippen LogP contribution in [-0.4, -0.2) is 54.7 Å². The van der Waals surface area contributed by atoms with Gasteiger partial charge in [0.05, 0.1) is 12.1 Å². The molecule has 1 aliphatic rings. The van der Waals surface area contributed by atoms with Gasteiger partial charge in [-0.1, -0.05) is 0 Å². The van der Waals surface area contributed by atoms with Crippen molar-refractivity contribution in [3.8, 4) is 11.9 Å². The molecular formula is C18H18N8O2. The van der Waals surface area contributed by atoms with Crippen LogP contribution in [-0.2, 0) is 0 Å². The molecule has 0 saturated carbocycles. The minimum absolute atomic E-state index is 0.160. The van der Waals surface area contributed by atoms with Crippen LogP contribution >= 0.6 is 0 Å². The molecule has 4 heterocycles. The highest BCUT2D eigenvalue weighted by Crippen LogP contribution is 2.18. The molecule has 142 valence electrons. The van der Waals surface area contributed by atoms with Gasteiger partial charge < -0.3 is 9.64 Å². The lowest BCUT2D eigenvalue weighted by Crippen LogP contribution is -2.34. The zero-order valence-corrected chi connectivity index (χ0v) is 15.5. The van der Waals surface area contributed by atoms with Crippen LogP contribution in [0.4, 0.5) is 10.7 Å². The van der Waals surface area contributed by atoms with E-state index in [1.54, 1.807) is 21.5 Å². The average molecular weight is 378 g/mol. The van der Waals surface area contributed by atoms with Crippen molar-refractivity contribution < 1.29 is 9.53 Å². The summed E-state index contributed by atoms with van der Waals surface area (Å²) >= 11 is 0. The van der Waals surface area contributed by atoms with Gasteiger partial charge in [-0.3, -0.25) is 5.32 Å². The molecule has 3 aromatic heterocycles. The second-order valence-electron chi connectivity index (χ2n) is 6.59. The molecule has 10 heteroatoms. The molecule has 0 spiro atoms. The summed E-state index contributed by atoms with van der Waals surface area (Å²) in [6, 6.07) is 6.92. The summed E-state index contributed by atoms with van der Waals surface area (Å²) in [5, 5.41) is 15.8. The number of anilines is 1. The number of hydrogen-bond donors (Lipinski definition) is 1. The van der Waals surface area contributed by atoms with E-state index in [0.29, 0.717) is 36.7 Å². The van der Waals surface area contributed by atoms with Crippen molar-refractivity contribution in [2.75, 3.05) is 18.4 Å². The number of carbonyl (C=O) groups excluding carboxylic acids is 1. The smallest absolute Gasteiger partial charge is 0.324 e. The summed E-state index contributed by atoms with van der Waals surface area (Å²) < 4.78 is 7.39. The number of amides is 2. The van der Waals surface area contributed by atoms with Crippen LogP contribution in [0, 0.1) is 25.2 Å². The number of nitrogens with zero attached hydrogens (tertiary/aromatic N) is 7. The first-order chi connectivity index (χ1) is 13.5. The number of fused-ring (bicyclic) bond motifs is 1. The van der Waals surface area contributed by atoms with Crippen molar-refractivity contribution >= 4 is 17.8 Å². The first-order valence-electron chi connectivity index (χ1n) is 8.81. The highest BCUT2D eigenvalue weighted by atomic mass is 16.5. The lowest BCUT2D eigenvalue weighted by molar-refractivity contribution is 0.190. The van der Waals surface area contributed by atoms with Gasteiger partial charge in [0.2, 0.25) is 5.88 Å². The van der Waals surface area contributed by atoms with Crippen molar-refractivity contribution in [3.05, 3.63) is 41.3 Å². The van der Waals surface area contributed by atoms with Gasteiger partial charge in [-0.25, -0.2) is 14.8 Å². The predicted octanol–water partition coefficient (Wildman–Crippen LogP) is 1.69. The summed E-state index contributed by atoms with van der Waals surface area (Å²) in [7, 11) is 0. The second-order valence-corrected chi connectivity index (χ2v) is 6.59. The Balaban J connectivity index is 1.38. The maximum atomic E-state index is 12.5. The average Bonchev–Trinajstić information content (AvgIpc) is 3.29. The van der Waals surface area contributed by atoms with Crippen LogP contribution in [0.25, 0.3) is 5.78 Å². The van der Waals surface area contributed by atoms with Crippen LogP contribution in [0.3, 0.4) is 0 Å². The first-order valence-corrected chi connectivity index (χ1v) is 8.81. The van der Waals surface area contributed by atoms with Crippen LogP contribution in [0.15, 0.2) is 24.4 Å². The maximum absolute atomic E-state index is 12.5. The molecule has 1 saturated heterocycles. The Morgan fingerprint density at radius 1 is 1.36 bits per heavy atom. The topological polar surface area (TPSA) is 121 Å². The number of nitriles is 1. The Kier molecular flexibility index (Phi) is 4.49. The summed E-state index contributed by atoms with van der Waals surface area (Å²) in [6.45, 7) is 4.77. The molecule has 4 rings (SSSR count). The Morgan fingerprint density at radius 2 is 2.21 bits per heavy atom. The molecule has 3 aromatic rings. The van der Waals surface area contributed by atoms with Gasteiger partial charge >= 0.3 is 6.03 Å². The van der Waals surface area contributed by atoms with Crippen LogP contribution in [0.2, 0.25) is 0 Å². The predicted molar refractivity (Wildman–Crippen MR) is 98.8 cm³/mol. The Hall–Kier alpha value is -3.74. The fraction of sp³-hybridized carbons (Fsp3) is 0.333. The number of likely N-dealkylation sites (tertiary alicyclic amines) is 1. The third-order valence-corrected chi connectivity index (χ3v) is 4.42. The molecule has 1 atom stereocenters. The summed E-state index contributed by atoms with van der Waals surface area (Å²) in [5.74, 6) is 1.09.